The topological polar surface area (TPSA) is 3.24 Å². The van der Waals surface area contributed by atoms with Crippen molar-refractivity contribution in [2.45, 2.75) is 122 Å². The summed E-state index contributed by atoms with van der Waals surface area (Å²) >= 11 is 0. The lowest BCUT2D eigenvalue weighted by Crippen LogP contribution is -2.30. The molecular weight excluding hydrogens is 278 g/mol. The van der Waals surface area contributed by atoms with Crippen molar-refractivity contribution in [3.63, 3.8) is 0 Å². The Balaban J connectivity index is 1.67. The van der Waals surface area contributed by atoms with Crippen LogP contribution in [0.5, 0.6) is 0 Å². The minimum absolute atomic E-state index is 1.37. The lowest BCUT2D eigenvalue weighted by atomic mass is 10.0. The maximum absolute atomic E-state index is 2.69. The number of likely N-dealkylation sites (tertiary alicyclic amines) is 1. The van der Waals surface area contributed by atoms with Crippen molar-refractivity contribution in [2.24, 2.45) is 0 Å². The molecule has 1 nitrogen and oxygen atoms in total. The summed E-state index contributed by atoms with van der Waals surface area (Å²) in [7, 11) is 0. The van der Waals surface area contributed by atoms with Crippen LogP contribution < -0.4 is 0 Å². The van der Waals surface area contributed by atoms with E-state index >= 15 is 0 Å². The van der Waals surface area contributed by atoms with Crippen molar-refractivity contribution in [2.75, 3.05) is 19.6 Å². The van der Waals surface area contributed by atoms with E-state index in [1.165, 1.54) is 135 Å². The van der Waals surface area contributed by atoms with Crippen molar-refractivity contribution in [3.05, 3.63) is 0 Å². The zero-order chi connectivity index (χ0) is 16.4. The molecule has 1 fully saturated rings. The second-order valence-electron chi connectivity index (χ2n) is 7.85. The first-order valence-electron chi connectivity index (χ1n) is 11.2. The van der Waals surface area contributed by atoms with E-state index in [0.29, 0.717) is 0 Å². The summed E-state index contributed by atoms with van der Waals surface area (Å²) in [4.78, 5) is 2.69. The van der Waals surface area contributed by atoms with Crippen LogP contribution in [0.3, 0.4) is 0 Å². The van der Waals surface area contributed by atoms with Gasteiger partial charge in [0.25, 0.3) is 0 Å². The van der Waals surface area contributed by atoms with E-state index in [0.717, 1.165) is 0 Å². The largest absolute Gasteiger partial charge is 0.303 e. The average molecular weight is 324 g/mol. The first kappa shape index (κ1) is 21.0. The number of rotatable bonds is 16. The number of nitrogens with zero attached hydrogens (tertiary/aromatic N) is 1. The van der Waals surface area contributed by atoms with Crippen molar-refractivity contribution < 1.29 is 0 Å². The van der Waals surface area contributed by atoms with E-state index in [2.05, 4.69) is 11.8 Å². The summed E-state index contributed by atoms with van der Waals surface area (Å²) in [6, 6.07) is 0. The molecule has 1 heteroatoms. The molecule has 1 rings (SSSR count). The van der Waals surface area contributed by atoms with E-state index in [1.807, 2.05) is 0 Å². The molecule has 0 N–H and O–H groups in total. The Hall–Kier alpha value is -0.0400. The fourth-order valence-electron chi connectivity index (χ4n) is 3.89. The molecule has 0 saturated carbocycles. The number of unbranched alkanes of at least 4 members (excludes halogenated alkanes) is 14. The molecule has 1 aliphatic rings. The summed E-state index contributed by atoms with van der Waals surface area (Å²) in [5, 5.41) is 0. The van der Waals surface area contributed by atoms with Crippen molar-refractivity contribution in [3.8, 4) is 0 Å². The van der Waals surface area contributed by atoms with Crippen LogP contribution in [0.15, 0.2) is 0 Å². The summed E-state index contributed by atoms with van der Waals surface area (Å²) in [6.07, 6.45) is 26.4. The SMILES string of the molecule is CCCCCCCCCCCCCCCCCN1CCCCC1. The van der Waals surface area contributed by atoms with Crippen LogP contribution in [0.4, 0.5) is 0 Å². The maximum atomic E-state index is 2.69. The number of hydrogen-bond acceptors (Lipinski definition) is 1. The Morgan fingerprint density at radius 2 is 0.870 bits per heavy atom. The van der Waals surface area contributed by atoms with Gasteiger partial charge in [0.1, 0.15) is 0 Å². The van der Waals surface area contributed by atoms with E-state index in [9.17, 15) is 0 Å². The molecule has 1 aliphatic heterocycles. The van der Waals surface area contributed by atoms with Crippen LogP contribution in [-0.4, -0.2) is 24.5 Å². The molecule has 0 radical (unpaired) electrons. The molecule has 0 atom stereocenters. The fraction of sp³-hybridized carbons (Fsp3) is 1.00. The van der Waals surface area contributed by atoms with E-state index in [4.69, 9.17) is 0 Å². The molecule has 0 aliphatic carbocycles. The minimum Gasteiger partial charge on any atom is -0.303 e. The second kappa shape index (κ2) is 16.8. The van der Waals surface area contributed by atoms with Crippen LogP contribution in [0, 0.1) is 0 Å². The Morgan fingerprint density at radius 3 is 1.30 bits per heavy atom. The summed E-state index contributed by atoms with van der Waals surface area (Å²) < 4.78 is 0. The standard InChI is InChI=1S/C22H45N/c1-2-3-4-5-6-7-8-9-10-11-12-13-14-15-17-20-23-21-18-16-19-22-23/h2-22H2,1H3. The molecule has 1 heterocycles. The van der Waals surface area contributed by atoms with E-state index in [1.54, 1.807) is 0 Å². The molecule has 0 unspecified atom stereocenters. The van der Waals surface area contributed by atoms with Gasteiger partial charge in [0.05, 0.1) is 0 Å². The maximum Gasteiger partial charge on any atom is -0.00187 e. The van der Waals surface area contributed by atoms with Gasteiger partial charge in [-0.25, -0.2) is 0 Å². The first-order valence-corrected chi connectivity index (χ1v) is 11.2. The lowest BCUT2D eigenvalue weighted by molar-refractivity contribution is 0.224. The van der Waals surface area contributed by atoms with Crippen LogP contribution in [-0.2, 0) is 0 Å². The molecule has 138 valence electrons. The van der Waals surface area contributed by atoms with E-state index < -0.39 is 0 Å². The summed E-state index contributed by atoms with van der Waals surface area (Å²) in [6.45, 7) is 6.42. The third-order valence-corrected chi connectivity index (χ3v) is 5.53. The van der Waals surface area contributed by atoms with Gasteiger partial charge in [-0.05, 0) is 38.9 Å². The Morgan fingerprint density at radius 1 is 0.478 bits per heavy atom. The van der Waals surface area contributed by atoms with Crippen LogP contribution in [0.1, 0.15) is 122 Å². The van der Waals surface area contributed by atoms with Gasteiger partial charge in [0, 0.05) is 0 Å². The molecule has 0 spiro atoms. The predicted molar refractivity (Wildman–Crippen MR) is 105 cm³/mol. The zero-order valence-electron chi connectivity index (χ0n) is 16.3. The fourth-order valence-corrected chi connectivity index (χ4v) is 3.89. The van der Waals surface area contributed by atoms with Crippen LogP contribution in [0.2, 0.25) is 0 Å². The van der Waals surface area contributed by atoms with Crippen LogP contribution >= 0.6 is 0 Å². The molecule has 0 aromatic heterocycles. The van der Waals surface area contributed by atoms with Gasteiger partial charge >= 0.3 is 0 Å². The van der Waals surface area contributed by atoms with Gasteiger partial charge < -0.3 is 4.90 Å². The molecule has 23 heavy (non-hydrogen) atoms. The predicted octanol–water partition coefficient (Wildman–Crippen LogP) is 7.34. The Bertz CT molecular complexity index is 220. The molecule has 1 saturated heterocycles. The van der Waals surface area contributed by atoms with Crippen molar-refractivity contribution in [1.82, 2.24) is 4.90 Å². The molecular formula is C22H45N. The number of hydrogen-bond donors (Lipinski definition) is 0. The van der Waals surface area contributed by atoms with Crippen LogP contribution in [0.25, 0.3) is 0 Å². The van der Waals surface area contributed by atoms with E-state index in [-0.39, 0.29) is 0 Å². The molecule has 0 amide bonds. The summed E-state index contributed by atoms with van der Waals surface area (Å²) in [5.74, 6) is 0. The van der Waals surface area contributed by atoms with Crippen molar-refractivity contribution in [1.29, 1.82) is 0 Å². The highest BCUT2D eigenvalue weighted by molar-refractivity contribution is 4.64. The summed E-state index contributed by atoms with van der Waals surface area (Å²) in [5.41, 5.74) is 0. The van der Waals surface area contributed by atoms with Gasteiger partial charge in [0.15, 0.2) is 0 Å². The van der Waals surface area contributed by atoms with Gasteiger partial charge in [-0.15, -0.1) is 0 Å². The first-order chi connectivity index (χ1) is 11.4. The van der Waals surface area contributed by atoms with Gasteiger partial charge in [-0.1, -0.05) is 103 Å². The third-order valence-electron chi connectivity index (χ3n) is 5.53. The van der Waals surface area contributed by atoms with Gasteiger partial charge in [-0.3, -0.25) is 0 Å². The molecule has 0 bridgehead atoms. The highest BCUT2D eigenvalue weighted by Crippen LogP contribution is 2.14. The molecule has 0 aromatic carbocycles. The molecule has 0 aromatic rings. The van der Waals surface area contributed by atoms with Gasteiger partial charge in [0.2, 0.25) is 0 Å². The second-order valence-corrected chi connectivity index (χ2v) is 7.85. The zero-order valence-corrected chi connectivity index (χ0v) is 16.3. The normalized spacial score (nSPS) is 16.0. The highest BCUT2D eigenvalue weighted by atomic mass is 15.1. The smallest absolute Gasteiger partial charge is 0.00187 e. The number of piperidine rings is 1. The lowest BCUT2D eigenvalue weighted by Gasteiger charge is -2.26. The minimum atomic E-state index is 1.37. The average Bonchev–Trinajstić information content (AvgIpc) is 2.59. The Kier molecular flexibility index (Phi) is 15.3. The Labute approximate surface area is 147 Å². The van der Waals surface area contributed by atoms with Gasteiger partial charge in [-0.2, -0.15) is 0 Å². The highest BCUT2D eigenvalue weighted by Gasteiger charge is 2.08. The van der Waals surface area contributed by atoms with Crippen molar-refractivity contribution >= 4 is 0 Å². The quantitative estimate of drug-likeness (QED) is 0.268. The third kappa shape index (κ3) is 14.0. The monoisotopic (exact) mass is 323 g/mol.